The van der Waals surface area contributed by atoms with Gasteiger partial charge in [0.15, 0.2) is 0 Å². The quantitative estimate of drug-likeness (QED) is 0.813. The molecule has 1 rings (SSSR count). The minimum atomic E-state index is -0.998. The van der Waals surface area contributed by atoms with Crippen molar-refractivity contribution < 1.29 is 28.6 Å². The van der Waals surface area contributed by atoms with Gasteiger partial charge in [0.2, 0.25) is 0 Å². The van der Waals surface area contributed by atoms with Gasteiger partial charge in [-0.2, -0.15) is 0 Å². The zero-order chi connectivity index (χ0) is 13.7. The smallest absolute Gasteiger partial charge is 0.340 e. The van der Waals surface area contributed by atoms with E-state index in [0.717, 1.165) is 7.11 Å². The number of aryl methyl sites for hydroxylation is 1. The number of carboxylic acid groups (broad SMARTS) is 1. The summed E-state index contributed by atoms with van der Waals surface area (Å²) in [6.07, 6.45) is -0.177. The number of aliphatic carboxylic acids is 1. The Hall–Kier alpha value is -2.11. The first-order valence-electron chi connectivity index (χ1n) is 5.18. The van der Waals surface area contributed by atoms with Gasteiger partial charge in [0, 0.05) is 0 Å². The molecule has 0 radical (unpaired) electrons. The minimum absolute atomic E-state index is 0.0545. The van der Waals surface area contributed by atoms with Crippen LogP contribution in [0.4, 0.5) is 4.39 Å². The third kappa shape index (κ3) is 3.44. The Balaban J connectivity index is 2.90. The third-order valence-corrected chi connectivity index (χ3v) is 2.22. The van der Waals surface area contributed by atoms with E-state index in [1.54, 1.807) is 0 Å². The SMILES string of the molecule is COC(=O)c1cc(OCCC(=O)O)cc(C)c1F. The van der Waals surface area contributed by atoms with Gasteiger partial charge in [-0.15, -0.1) is 0 Å². The van der Waals surface area contributed by atoms with Crippen LogP contribution in [0.5, 0.6) is 5.75 Å². The average molecular weight is 256 g/mol. The van der Waals surface area contributed by atoms with Crippen molar-refractivity contribution in [3.63, 3.8) is 0 Å². The first kappa shape index (κ1) is 14.0. The lowest BCUT2D eigenvalue weighted by molar-refractivity contribution is -0.137. The Morgan fingerprint density at radius 1 is 1.39 bits per heavy atom. The molecule has 18 heavy (non-hydrogen) atoms. The summed E-state index contributed by atoms with van der Waals surface area (Å²) >= 11 is 0. The molecule has 0 amide bonds. The van der Waals surface area contributed by atoms with Crippen molar-refractivity contribution in [2.24, 2.45) is 0 Å². The standard InChI is InChI=1S/C12H13FO5/c1-7-5-8(18-4-3-10(14)15)6-9(11(7)13)12(16)17-2/h5-6H,3-4H2,1-2H3,(H,14,15). The van der Waals surface area contributed by atoms with Crippen LogP contribution in [-0.2, 0) is 9.53 Å². The second-order valence-electron chi connectivity index (χ2n) is 3.59. The van der Waals surface area contributed by atoms with Crippen LogP contribution in [0.25, 0.3) is 0 Å². The van der Waals surface area contributed by atoms with E-state index in [1.165, 1.54) is 19.1 Å². The first-order valence-corrected chi connectivity index (χ1v) is 5.18. The number of rotatable bonds is 5. The Morgan fingerprint density at radius 2 is 2.06 bits per heavy atom. The van der Waals surface area contributed by atoms with E-state index >= 15 is 0 Å². The van der Waals surface area contributed by atoms with E-state index in [-0.39, 0.29) is 29.9 Å². The highest BCUT2D eigenvalue weighted by Gasteiger charge is 2.16. The molecule has 0 saturated heterocycles. The van der Waals surface area contributed by atoms with Crippen molar-refractivity contribution in [1.29, 1.82) is 0 Å². The number of carboxylic acids is 1. The molecular formula is C12H13FO5. The molecule has 0 aliphatic rings. The zero-order valence-corrected chi connectivity index (χ0v) is 10.0. The van der Waals surface area contributed by atoms with Crippen LogP contribution >= 0.6 is 0 Å². The number of carbonyl (C=O) groups is 2. The number of carbonyl (C=O) groups excluding carboxylic acids is 1. The fourth-order valence-electron chi connectivity index (χ4n) is 1.33. The Morgan fingerprint density at radius 3 is 2.61 bits per heavy atom. The highest BCUT2D eigenvalue weighted by molar-refractivity contribution is 5.90. The van der Waals surface area contributed by atoms with Crippen molar-refractivity contribution in [3.8, 4) is 5.75 Å². The molecule has 1 N–H and O–H groups in total. The maximum atomic E-state index is 13.6. The van der Waals surface area contributed by atoms with Crippen LogP contribution in [0.3, 0.4) is 0 Å². The maximum absolute atomic E-state index is 13.6. The Kier molecular flexibility index (Phi) is 4.65. The molecule has 0 bridgehead atoms. The molecule has 1 aromatic carbocycles. The maximum Gasteiger partial charge on any atom is 0.340 e. The van der Waals surface area contributed by atoms with Gasteiger partial charge in [0.1, 0.15) is 11.6 Å². The fraction of sp³-hybridized carbons (Fsp3) is 0.333. The zero-order valence-electron chi connectivity index (χ0n) is 10.0. The molecule has 0 aromatic heterocycles. The molecule has 0 heterocycles. The first-order chi connectivity index (χ1) is 8.45. The van der Waals surface area contributed by atoms with E-state index in [9.17, 15) is 14.0 Å². The van der Waals surface area contributed by atoms with Crippen molar-refractivity contribution >= 4 is 11.9 Å². The summed E-state index contributed by atoms with van der Waals surface area (Å²) in [6, 6.07) is 2.58. The summed E-state index contributed by atoms with van der Waals surface area (Å²) in [5.41, 5.74) is -0.00829. The highest BCUT2D eigenvalue weighted by atomic mass is 19.1. The summed E-state index contributed by atoms with van der Waals surface area (Å²) in [5, 5.41) is 8.46. The number of methoxy groups -OCH3 is 1. The van der Waals surface area contributed by atoms with Gasteiger partial charge in [0.25, 0.3) is 0 Å². The van der Waals surface area contributed by atoms with Gasteiger partial charge in [-0.3, -0.25) is 4.79 Å². The monoisotopic (exact) mass is 256 g/mol. The summed E-state index contributed by atoms with van der Waals surface area (Å²) in [6.45, 7) is 1.42. The van der Waals surface area contributed by atoms with Crippen molar-refractivity contribution in [1.82, 2.24) is 0 Å². The van der Waals surface area contributed by atoms with E-state index < -0.39 is 17.8 Å². The fourth-order valence-corrected chi connectivity index (χ4v) is 1.33. The second kappa shape index (κ2) is 6.00. The lowest BCUT2D eigenvalue weighted by Gasteiger charge is -2.09. The molecule has 5 nitrogen and oxygen atoms in total. The molecule has 0 aliphatic carbocycles. The summed E-state index contributed by atoms with van der Waals surface area (Å²) < 4.78 is 23.2. The van der Waals surface area contributed by atoms with Gasteiger partial charge in [-0.05, 0) is 24.6 Å². The van der Waals surface area contributed by atoms with Gasteiger partial charge in [-0.1, -0.05) is 0 Å². The Labute approximate surface area is 103 Å². The summed E-state index contributed by atoms with van der Waals surface area (Å²) in [5.74, 6) is -2.25. The van der Waals surface area contributed by atoms with Crippen LogP contribution in [0.1, 0.15) is 22.3 Å². The predicted molar refractivity (Wildman–Crippen MR) is 60.2 cm³/mol. The van der Waals surface area contributed by atoms with E-state index in [0.29, 0.717) is 0 Å². The molecule has 0 saturated carbocycles. The van der Waals surface area contributed by atoms with Crippen LogP contribution in [0.15, 0.2) is 12.1 Å². The molecule has 6 heteroatoms. The van der Waals surface area contributed by atoms with Gasteiger partial charge < -0.3 is 14.6 Å². The molecule has 0 fully saturated rings. The predicted octanol–water partition coefficient (Wildman–Crippen LogP) is 1.77. The van der Waals surface area contributed by atoms with Crippen molar-refractivity contribution in [3.05, 3.63) is 29.1 Å². The van der Waals surface area contributed by atoms with E-state index in [2.05, 4.69) is 4.74 Å². The number of halogens is 1. The number of hydrogen-bond acceptors (Lipinski definition) is 4. The molecule has 1 aromatic rings. The molecule has 0 unspecified atom stereocenters. The molecule has 0 spiro atoms. The van der Waals surface area contributed by atoms with Crippen LogP contribution in [0.2, 0.25) is 0 Å². The summed E-state index contributed by atoms with van der Waals surface area (Å²) in [7, 11) is 1.15. The van der Waals surface area contributed by atoms with Crippen LogP contribution in [-0.4, -0.2) is 30.8 Å². The third-order valence-electron chi connectivity index (χ3n) is 2.22. The topological polar surface area (TPSA) is 72.8 Å². The number of ether oxygens (including phenoxy) is 2. The van der Waals surface area contributed by atoms with E-state index in [1.807, 2.05) is 0 Å². The van der Waals surface area contributed by atoms with Crippen molar-refractivity contribution in [2.45, 2.75) is 13.3 Å². The number of benzene rings is 1. The average Bonchev–Trinajstić information content (AvgIpc) is 2.32. The second-order valence-corrected chi connectivity index (χ2v) is 3.59. The highest BCUT2D eigenvalue weighted by Crippen LogP contribution is 2.22. The van der Waals surface area contributed by atoms with Gasteiger partial charge >= 0.3 is 11.9 Å². The molecule has 98 valence electrons. The number of esters is 1. The Bertz CT molecular complexity index is 470. The molecule has 0 aliphatic heterocycles. The molecule has 0 atom stereocenters. The van der Waals surface area contributed by atoms with Crippen LogP contribution < -0.4 is 4.74 Å². The van der Waals surface area contributed by atoms with E-state index in [4.69, 9.17) is 9.84 Å². The van der Waals surface area contributed by atoms with Gasteiger partial charge in [0.05, 0.1) is 25.7 Å². The van der Waals surface area contributed by atoms with Gasteiger partial charge in [-0.25, -0.2) is 9.18 Å². The lowest BCUT2D eigenvalue weighted by atomic mass is 10.1. The largest absolute Gasteiger partial charge is 0.493 e. The lowest BCUT2D eigenvalue weighted by Crippen LogP contribution is -2.09. The minimum Gasteiger partial charge on any atom is -0.493 e. The number of hydrogen-bond donors (Lipinski definition) is 1. The van der Waals surface area contributed by atoms with Crippen molar-refractivity contribution in [2.75, 3.05) is 13.7 Å². The normalized spacial score (nSPS) is 9.94. The van der Waals surface area contributed by atoms with Crippen LogP contribution in [0, 0.1) is 12.7 Å². The molecular weight excluding hydrogens is 243 g/mol. The summed E-state index contributed by atoms with van der Waals surface area (Å²) in [4.78, 5) is 21.6.